The number of hydrogen-bond donors (Lipinski definition) is 0. The van der Waals surface area contributed by atoms with Crippen molar-refractivity contribution in [3.8, 4) is 0 Å². The van der Waals surface area contributed by atoms with Gasteiger partial charge in [0.2, 0.25) is 0 Å². The molecule has 0 saturated heterocycles. The molecule has 0 atom stereocenters. The van der Waals surface area contributed by atoms with Gasteiger partial charge in [0.1, 0.15) is 6.61 Å². The van der Waals surface area contributed by atoms with Crippen LogP contribution >= 0.6 is 0 Å². The van der Waals surface area contributed by atoms with Crippen molar-refractivity contribution >= 4 is 5.97 Å². The minimum Gasteiger partial charge on any atom is -0.459 e. The van der Waals surface area contributed by atoms with E-state index in [-0.39, 0.29) is 5.56 Å². The molecular weight excluding hydrogens is 626 g/mol. The molecule has 0 unspecified atom stereocenters. The molecule has 0 radical (unpaired) electrons. The molecule has 1 rings (SSSR count). The van der Waals surface area contributed by atoms with Gasteiger partial charge in [-0.2, -0.15) is 61.5 Å². The van der Waals surface area contributed by atoms with Crippen molar-refractivity contribution in [1.82, 2.24) is 0 Å². The van der Waals surface area contributed by atoms with Crippen molar-refractivity contribution in [3.05, 3.63) is 35.9 Å². The minimum atomic E-state index is -7.36. The lowest BCUT2D eigenvalue weighted by Crippen LogP contribution is -2.60. The summed E-state index contributed by atoms with van der Waals surface area (Å²) in [5.74, 6) is -1.82. The number of hydrogen-bond acceptors (Lipinski definition) is 6. The van der Waals surface area contributed by atoms with E-state index in [9.17, 15) is 66.3 Å². The Morgan fingerprint density at radius 2 is 0.833 bits per heavy atom. The van der Waals surface area contributed by atoms with Gasteiger partial charge in [0, 0.05) is 0 Å². The predicted molar refractivity (Wildman–Crippen MR) is 109 cm³/mol. The molecule has 0 heterocycles. The molecule has 0 aromatic heterocycles. The van der Waals surface area contributed by atoms with Gasteiger partial charge in [-0.3, -0.25) is 4.74 Å². The quantitative estimate of drug-likeness (QED) is 0.152. The third kappa shape index (κ3) is 8.56. The van der Waals surface area contributed by atoms with Crippen LogP contribution in [0.1, 0.15) is 40.2 Å². The van der Waals surface area contributed by atoms with Crippen molar-refractivity contribution in [2.45, 2.75) is 89.6 Å². The number of ether oxygens (including phenoxy) is 5. The molecule has 0 aliphatic heterocycles. The average molecular weight is 648 g/mol. The molecular formula is C22H22F14O6. The maximum atomic E-state index is 14.1. The van der Waals surface area contributed by atoms with Gasteiger partial charge in [-0.1, -0.05) is 51.1 Å². The number of halogens is 14. The maximum absolute atomic E-state index is 14.1. The topological polar surface area (TPSA) is 63.2 Å². The summed E-state index contributed by atoms with van der Waals surface area (Å²) in [7, 11) is 0. The van der Waals surface area contributed by atoms with Crippen molar-refractivity contribution in [2.75, 3.05) is 0 Å². The fraction of sp³-hybridized carbons (Fsp3) is 0.682. The Hall–Kier alpha value is -2.45. The van der Waals surface area contributed by atoms with E-state index in [4.69, 9.17) is 0 Å². The standard InChI is InChI=1S/C22H22F14O6/c1-14(2,3)16(23,24)40-19(29,30)20(31,32)42-22(35,36)21(33,34)41-18(27,28)17(25,26)39-15(4,5)13(37)38-11-12-9-7-6-8-10-12/h6-10H,11H2,1-5H3. The Morgan fingerprint density at radius 1 is 0.524 bits per heavy atom. The van der Waals surface area contributed by atoms with Crippen LogP contribution in [0.2, 0.25) is 0 Å². The van der Waals surface area contributed by atoms with Gasteiger partial charge < -0.3 is 4.74 Å². The van der Waals surface area contributed by atoms with Crippen LogP contribution in [0.3, 0.4) is 0 Å². The lowest BCUT2D eigenvalue weighted by Gasteiger charge is -2.37. The summed E-state index contributed by atoms with van der Waals surface area (Å²) in [5, 5.41) is 0. The molecule has 0 amide bonds. The third-order valence-electron chi connectivity index (χ3n) is 4.75. The smallest absolute Gasteiger partial charge is 0.453 e. The largest absolute Gasteiger partial charge is 0.459 e. The van der Waals surface area contributed by atoms with Gasteiger partial charge in [-0.15, -0.1) is 0 Å². The van der Waals surface area contributed by atoms with E-state index in [2.05, 4.69) is 14.2 Å². The number of carbonyl (C=O) groups is 1. The van der Waals surface area contributed by atoms with Crippen LogP contribution in [0, 0.1) is 5.41 Å². The first kappa shape index (κ1) is 37.6. The van der Waals surface area contributed by atoms with E-state index in [1.54, 1.807) is 0 Å². The Bertz CT molecular complexity index is 1070. The van der Waals surface area contributed by atoms with E-state index in [1.807, 2.05) is 9.47 Å². The highest BCUT2D eigenvalue weighted by Gasteiger charge is 2.77. The zero-order valence-corrected chi connectivity index (χ0v) is 21.8. The fourth-order valence-electron chi connectivity index (χ4n) is 2.25. The van der Waals surface area contributed by atoms with Crippen molar-refractivity contribution in [2.24, 2.45) is 5.41 Å². The second-order valence-electron chi connectivity index (χ2n) is 9.85. The van der Waals surface area contributed by atoms with Crippen molar-refractivity contribution in [3.63, 3.8) is 0 Å². The molecule has 0 bridgehead atoms. The molecule has 42 heavy (non-hydrogen) atoms. The number of benzene rings is 1. The third-order valence-corrected chi connectivity index (χ3v) is 4.75. The van der Waals surface area contributed by atoms with E-state index in [1.165, 1.54) is 30.3 Å². The number of carbonyl (C=O) groups excluding carboxylic acids is 1. The average Bonchev–Trinajstić information content (AvgIpc) is 2.74. The summed E-state index contributed by atoms with van der Waals surface area (Å²) >= 11 is 0. The highest BCUT2D eigenvalue weighted by atomic mass is 19.4. The first-order valence-electron chi connectivity index (χ1n) is 11.0. The molecule has 20 heteroatoms. The van der Waals surface area contributed by atoms with Gasteiger partial charge in [0.05, 0.1) is 5.41 Å². The van der Waals surface area contributed by atoms with Gasteiger partial charge in [0.15, 0.2) is 5.60 Å². The zero-order valence-electron chi connectivity index (χ0n) is 21.8. The molecule has 0 saturated carbocycles. The van der Waals surface area contributed by atoms with E-state index in [0.29, 0.717) is 34.6 Å². The van der Waals surface area contributed by atoms with E-state index >= 15 is 0 Å². The van der Waals surface area contributed by atoms with Gasteiger partial charge in [-0.05, 0) is 19.4 Å². The second kappa shape index (κ2) is 11.6. The molecule has 1 aromatic rings. The summed E-state index contributed by atoms with van der Waals surface area (Å²) in [4.78, 5) is 12.0. The van der Waals surface area contributed by atoms with Crippen LogP contribution in [-0.4, -0.2) is 54.3 Å². The summed E-state index contributed by atoms with van der Waals surface area (Å²) < 4.78 is 207. The first-order chi connectivity index (χ1) is 18.3. The molecule has 6 nitrogen and oxygen atoms in total. The zero-order chi connectivity index (χ0) is 33.4. The number of alkyl halides is 14. The van der Waals surface area contributed by atoms with Gasteiger partial charge in [0.25, 0.3) is 0 Å². The van der Waals surface area contributed by atoms with Crippen molar-refractivity contribution < 1.29 is 89.9 Å². The summed E-state index contributed by atoms with van der Waals surface area (Å²) in [5.41, 5.74) is -5.62. The fourth-order valence-corrected chi connectivity index (χ4v) is 2.25. The van der Waals surface area contributed by atoms with E-state index in [0.717, 1.165) is 0 Å². The van der Waals surface area contributed by atoms with Gasteiger partial charge >= 0.3 is 48.7 Å². The Balaban J connectivity index is 3.11. The van der Waals surface area contributed by atoms with Crippen molar-refractivity contribution in [1.29, 1.82) is 0 Å². The lowest BCUT2D eigenvalue weighted by molar-refractivity contribution is -0.574. The molecule has 1 aromatic carbocycles. The number of esters is 1. The minimum absolute atomic E-state index is 0.249. The first-order valence-corrected chi connectivity index (χ1v) is 11.0. The Labute approximate surface area is 227 Å². The highest BCUT2D eigenvalue weighted by Crippen LogP contribution is 2.52. The summed E-state index contributed by atoms with van der Waals surface area (Å²) in [6.07, 6.45) is -47.3. The monoisotopic (exact) mass is 648 g/mol. The molecule has 0 aliphatic rings. The Kier molecular flexibility index (Phi) is 10.3. The van der Waals surface area contributed by atoms with Crippen LogP contribution < -0.4 is 0 Å². The summed E-state index contributed by atoms with van der Waals surface area (Å²) in [6, 6.07) is 7.15. The molecule has 244 valence electrons. The van der Waals surface area contributed by atoms with Crippen LogP contribution in [0.25, 0.3) is 0 Å². The molecule has 0 spiro atoms. The molecule has 0 fully saturated rings. The van der Waals surface area contributed by atoms with Crippen LogP contribution in [0.4, 0.5) is 61.5 Å². The van der Waals surface area contributed by atoms with Gasteiger partial charge in [-0.25, -0.2) is 19.0 Å². The maximum Gasteiger partial charge on any atom is 0.453 e. The van der Waals surface area contributed by atoms with Crippen LogP contribution in [0.15, 0.2) is 30.3 Å². The SMILES string of the molecule is CC(C)(OC(F)(F)C(F)(F)OC(F)(F)C(F)(F)OC(F)(F)C(F)(F)OC(F)(F)C(C)(C)C)C(=O)OCc1ccccc1. The van der Waals surface area contributed by atoms with E-state index < -0.39 is 66.4 Å². The number of rotatable bonds is 14. The molecule has 0 aliphatic carbocycles. The predicted octanol–water partition coefficient (Wildman–Crippen LogP) is 7.77. The molecule has 0 N–H and O–H groups in total. The lowest BCUT2D eigenvalue weighted by atomic mass is 9.95. The Morgan fingerprint density at radius 3 is 1.17 bits per heavy atom. The highest BCUT2D eigenvalue weighted by molar-refractivity contribution is 5.78. The van der Waals surface area contributed by atoms with Crippen LogP contribution in [0.5, 0.6) is 0 Å². The second-order valence-corrected chi connectivity index (χ2v) is 9.85. The normalized spacial score (nSPS) is 15.1. The summed E-state index contributed by atoms with van der Waals surface area (Å²) in [6.45, 7) is 1.36. The van der Waals surface area contributed by atoms with Crippen LogP contribution in [-0.2, 0) is 35.1 Å².